The molecular formula is C18H19Cl2N3S. The van der Waals surface area contributed by atoms with Gasteiger partial charge in [0.2, 0.25) is 0 Å². The van der Waals surface area contributed by atoms with Crippen LogP contribution < -0.4 is 10.6 Å². The van der Waals surface area contributed by atoms with Crippen LogP contribution >= 0.6 is 35.4 Å². The van der Waals surface area contributed by atoms with Gasteiger partial charge in [0.05, 0.1) is 0 Å². The summed E-state index contributed by atoms with van der Waals surface area (Å²) in [7, 11) is 3.91. The lowest BCUT2D eigenvalue weighted by Gasteiger charge is -2.34. The number of nitrogens with zero attached hydrogens (tertiary/aromatic N) is 1. The topological polar surface area (TPSA) is 27.3 Å². The molecule has 0 aliphatic carbocycles. The molecule has 0 amide bonds. The summed E-state index contributed by atoms with van der Waals surface area (Å²) in [5.74, 6) is 0.179. The van der Waals surface area contributed by atoms with Crippen LogP contribution in [0.4, 0.5) is 5.69 Å². The summed E-state index contributed by atoms with van der Waals surface area (Å²) in [6, 6.07) is 12.1. The zero-order valence-corrected chi connectivity index (χ0v) is 15.9. The highest BCUT2D eigenvalue weighted by Gasteiger charge is 2.28. The predicted molar refractivity (Wildman–Crippen MR) is 106 cm³/mol. The molecule has 0 saturated heterocycles. The standard InChI is InChI=1S/C18H19Cl2N3S/c1-21-18(24)22-17-6-4-3-5-12(17)14-9-23(2)10-15-13(14)7-11(19)8-16(15)20/h3-8,14H,9-10H2,1-2H3,(H2,21,22,24). The largest absolute Gasteiger partial charge is 0.366 e. The summed E-state index contributed by atoms with van der Waals surface area (Å²) >= 11 is 18.0. The Hall–Kier alpha value is -1.33. The van der Waals surface area contributed by atoms with Crippen molar-refractivity contribution in [3.63, 3.8) is 0 Å². The Labute approximate surface area is 157 Å². The number of nitrogens with one attached hydrogen (secondary N) is 2. The lowest BCUT2D eigenvalue weighted by molar-refractivity contribution is 0.295. The van der Waals surface area contributed by atoms with Crippen molar-refractivity contribution in [2.24, 2.45) is 0 Å². The molecule has 3 nitrogen and oxygen atoms in total. The summed E-state index contributed by atoms with van der Waals surface area (Å²) in [5.41, 5.74) is 4.52. The molecule has 2 N–H and O–H groups in total. The van der Waals surface area contributed by atoms with E-state index in [2.05, 4.69) is 28.6 Å². The molecule has 1 heterocycles. The molecule has 1 aliphatic heterocycles. The van der Waals surface area contributed by atoms with E-state index in [0.717, 1.165) is 29.4 Å². The predicted octanol–water partition coefficient (Wildman–Crippen LogP) is 4.49. The van der Waals surface area contributed by atoms with E-state index in [4.69, 9.17) is 35.4 Å². The van der Waals surface area contributed by atoms with E-state index in [1.165, 1.54) is 11.1 Å². The van der Waals surface area contributed by atoms with Gasteiger partial charge in [-0.3, -0.25) is 0 Å². The molecule has 1 aliphatic rings. The van der Waals surface area contributed by atoms with Crippen LogP contribution in [0.25, 0.3) is 0 Å². The third-order valence-corrected chi connectivity index (χ3v) is 5.17. The van der Waals surface area contributed by atoms with Crippen LogP contribution in [0.1, 0.15) is 22.6 Å². The van der Waals surface area contributed by atoms with Gasteiger partial charge in [-0.25, -0.2) is 0 Å². The molecule has 1 unspecified atom stereocenters. The van der Waals surface area contributed by atoms with Crippen LogP contribution in [0.2, 0.25) is 10.0 Å². The van der Waals surface area contributed by atoms with Gasteiger partial charge < -0.3 is 15.5 Å². The zero-order valence-electron chi connectivity index (χ0n) is 13.6. The van der Waals surface area contributed by atoms with Crippen LogP contribution in [0.3, 0.4) is 0 Å². The summed E-state index contributed by atoms with van der Waals surface area (Å²) < 4.78 is 0. The molecule has 126 valence electrons. The van der Waals surface area contributed by atoms with E-state index in [9.17, 15) is 0 Å². The number of fused-ring (bicyclic) bond motifs is 1. The quantitative estimate of drug-likeness (QED) is 0.751. The summed E-state index contributed by atoms with van der Waals surface area (Å²) in [5, 5.41) is 8.22. The minimum Gasteiger partial charge on any atom is -0.366 e. The van der Waals surface area contributed by atoms with Crippen LogP contribution in [0, 0.1) is 0 Å². The Bertz CT molecular complexity index is 779. The van der Waals surface area contributed by atoms with Gasteiger partial charge >= 0.3 is 0 Å². The maximum atomic E-state index is 6.45. The van der Waals surface area contributed by atoms with Crippen molar-refractivity contribution in [2.75, 3.05) is 26.0 Å². The fourth-order valence-electron chi connectivity index (χ4n) is 3.21. The molecule has 24 heavy (non-hydrogen) atoms. The molecule has 1 atom stereocenters. The zero-order chi connectivity index (χ0) is 17.3. The normalized spacial score (nSPS) is 17.2. The van der Waals surface area contributed by atoms with Gasteiger partial charge in [-0.05, 0) is 54.2 Å². The van der Waals surface area contributed by atoms with Crippen LogP contribution in [-0.2, 0) is 6.54 Å². The van der Waals surface area contributed by atoms with Crippen molar-refractivity contribution >= 4 is 46.2 Å². The second-order valence-corrected chi connectivity index (χ2v) is 7.25. The molecule has 6 heteroatoms. The number of hydrogen-bond acceptors (Lipinski definition) is 2. The Balaban J connectivity index is 2.10. The van der Waals surface area contributed by atoms with Gasteiger partial charge in [-0.2, -0.15) is 0 Å². The van der Waals surface area contributed by atoms with E-state index in [0.29, 0.717) is 10.1 Å². The number of para-hydroxylation sites is 1. The van der Waals surface area contributed by atoms with Crippen molar-refractivity contribution in [3.05, 3.63) is 63.1 Å². The van der Waals surface area contributed by atoms with Crippen LogP contribution in [-0.4, -0.2) is 30.7 Å². The lowest BCUT2D eigenvalue weighted by atomic mass is 9.84. The number of anilines is 1. The molecule has 3 rings (SSSR count). The van der Waals surface area contributed by atoms with Gasteiger partial charge in [0.25, 0.3) is 0 Å². The van der Waals surface area contributed by atoms with E-state index < -0.39 is 0 Å². The fourth-order valence-corrected chi connectivity index (χ4v) is 3.89. The van der Waals surface area contributed by atoms with E-state index in [-0.39, 0.29) is 5.92 Å². The minimum absolute atomic E-state index is 0.179. The average Bonchev–Trinajstić information content (AvgIpc) is 2.55. The second-order valence-electron chi connectivity index (χ2n) is 6.00. The van der Waals surface area contributed by atoms with Crippen molar-refractivity contribution in [2.45, 2.75) is 12.5 Å². The van der Waals surface area contributed by atoms with Gasteiger partial charge in [0.15, 0.2) is 5.11 Å². The Kier molecular flexibility index (Phi) is 5.30. The number of hydrogen-bond donors (Lipinski definition) is 2. The van der Waals surface area contributed by atoms with Crippen molar-refractivity contribution in [3.8, 4) is 0 Å². The molecule has 0 spiro atoms. The highest BCUT2D eigenvalue weighted by atomic mass is 35.5. The van der Waals surface area contributed by atoms with Crippen molar-refractivity contribution < 1.29 is 0 Å². The SMILES string of the molecule is CNC(=S)Nc1ccccc1C1CN(C)Cc2c(Cl)cc(Cl)cc21. The summed E-state index contributed by atoms with van der Waals surface area (Å²) in [4.78, 5) is 2.28. The Morgan fingerprint density at radius 1 is 1.21 bits per heavy atom. The molecule has 2 aromatic rings. The average molecular weight is 380 g/mol. The first-order valence-electron chi connectivity index (χ1n) is 7.73. The molecule has 0 fully saturated rings. The highest BCUT2D eigenvalue weighted by molar-refractivity contribution is 7.80. The maximum absolute atomic E-state index is 6.45. The van der Waals surface area contributed by atoms with E-state index in [1.807, 2.05) is 30.3 Å². The first-order chi connectivity index (χ1) is 11.5. The molecule has 0 bridgehead atoms. The minimum atomic E-state index is 0.179. The van der Waals surface area contributed by atoms with E-state index >= 15 is 0 Å². The van der Waals surface area contributed by atoms with E-state index in [1.54, 1.807) is 7.05 Å². The molecule has 0 radical (unpaired) electrons. The van der Waals surface area contributed by atoms with Gasteiger partial charge in [0, 0.05) is 41.8 Å². The highest BCUT2D eigenvalue weighted by Crippen LogP contribution is 2.40. The van der Waals surface area contributed by atoms with Crippen molar-refractivity contribution in [1.82, 2.24) is 10.2 Å². The Morgan fingerprint density at radius 2 is 1.96 bits per heavy atom. The first-order valence-corrected chi connectivity index (χ1v) is 8.90. The summed E-state index contributed by atoms with van der Waals surface area (Å²) in [6.45, 7) is 1.72. The fraction of sp³-hybridized carbons (Fsp3) is 0.278. The Morgan fingerprint density at radius 3 is 2.71 bits per heavy atom. The molecular weight excluding hydrogens is 361 g/mol. The van der Waals surface area contributed by atoms with Crippen LogP contribution in [0.15, 0.2) is 36.4 Å². The van der Waals surface area contributed by atoms with Gasteiger partial charge in [0.1, 0.15) is 0 Å². The number of halogens is 2. The van der Waals surface area contributed by atoms with Gasteiger partial charge in [-0.15, -0.1) is 0 Å². The summed E-state index contributed by atoms with van der Waals surface area (Å²) in [6.07, 6.45) is 0. The second kappa shape index (κ2) is 7.28. The number of thiocarbonyl (C=S) groups is 1. The molecule has 2 aromatic carbocycles. The first kappa shape index (κ1) is 17.5. The van der Waals surface area contributed by atoms with Crippen molar-refractivity contribution in [1.29, 1.82) is 0 Å². The maximum Gasteiger partial charge on any atom is 0.170 e. The molecule has 0 aromatic heterocycles. The molecule has 0 saturated carbocycles. The number of benzene rings is 2. The lowest BCUT2D eigenvalue weighted by Crippen LogP contribution is -2.32. The van der Waals surface area contributed by atoms with Gasteiger partial charge in [-0.1, -0.05) is 41.4 Å². The number of likely N-dealkylation sites (N-methyl/N-ethyl adjacent to an activating group) is 1. The third-order valence-electron chi connectivity index (χ3n) is 4.30. The van der Waals surface area contributed by atoms with Crippen LogP contribution in [0.5, 0.6) is 0 Å². The third kappa shape index (κ3) is 3.52. The monoisotopic (exact) mass is 379 g/mol. The smallest absolute Gasteiger partial charge is 0.170 e. The number of rotatable bonds is 2.